The average Bonchev–Trinajstić information content (AvgIpc) is 2.58. The monoisotopic (exact) mass is 354 g/mol. The Kier molecular flexibility index (Phi) is 7.49. The van der Waals surface area contributed by atoms with Crippen molar-refractivity contribution < 1.29 is 14.3 Å². The third-order valence-electron chi connectivity index (χ3n) is 4.51. The molecule has 0 N–H and O–H groups in total. The lowest BCUT2D eigenvalue weighted by atomic mass is 10.0. The second kappa shape index (κ2) is 9.37. The maximum absolute atomic E-state index is 12.4. The van der Waals surface area contributed by atoms with Gasteiger partial charge in [0.25, 0.3) is 0 Å². The highest BCUT2D eigenvalue weighted by molar-refractivity contribution is 6.31. The highest BCUT2D eigenvalue weighted by atomic mass is 35.5. The molecule has 134 valence electrons. The van der Waals surface area contributed by atoms with Gasteiger partial charge in [-0.25, -0.2) is 4.79 Å². The van der Waals surface area contributed by atoms with Crippen LogP contribution in [0.25, 0.3) is 0 Å². The minimum atomic E-state index is -0.458. The van der Waals surface area contributed by atoms with Crippen LogP contribution in [0.3, 0.4) is 0 Å². The molecule has 0 spiro atoms. The normalized spacial score (nSPS) is 20.8. The number of ether oxygens (including phenoxy) is 2. The zero-order valence-corrected chi connectivity index (χ0v) is 15.5. The first-order chi connectivity index (χ1) is 11.6. The standard InChI is InChI=1S/C18H27ClN2O3/c1-4-24-12-11-20-9-10-21(13-14(20)2)17(18(22)23-3)15-7-5-6-8-16(15)19/h5-8,14,17H,4,9-13H2,1-3H3. The third-order valence-corrected chi connectivity index (χ3v) is 4.86. The molecule has 1 aliphatic heterocycles. The zero-order valence-electron chi connectivity index (χ0n) is 14.7. The van der Waals surface area contributed by atoms with E-state index in [1.165, 1.54) is 7.11 Å². The Labute approximate surface area is 149 Å². The van der Waals surface area contributed by atoms with Gasteiger partial charge in [0.1, 0.15) is 6.04 Å². The van der Waals surface area contributed by atoms with Crippen LogP contribution in [0.4, 0.5) is 0 Å². The quantitative estimate of drug-likeness (QED) is 0.556. The number of carbonyl (C=O) groups excluding carboxylic acids is 1. The number of methoxy groups -OCH3 is 1. The Balaban J connectivity index is 2.10. The lowest BCUT2D eigenvalue weighted by molar-refractivity contribution is -0.148. The van der Waals surface area contributed by atoms with Crippen LogP contribution in [0.1, 0.15) is 25.5 Å². The van der Waals surface area contributed by atoms with Crippen LogP contribution in [0.15, 0.2) is 24.3 Å². The van der Waals surface area contributed by atoms with E-state index < -0.39 is 6.04 Å². The van der Waals surface area contributed by atoms with E-state index in [-0.39, 0.29) is 5.97 Å². The van der Waals surface area contributed by atoms with Crippen molar-refractivity contribution in [3.05, 3.63) is 34.9 Å². The highest BCUT2D eigenvalue weighted by Crippen LogP contribution is 2.30. The number of benzene rings is 1. The molecule has 1 heterocycles. The molecule has 0 bridgehead atoms. The smallest absolute Gasteiger partial charge is 0.327 e. The van der Waals surface area contributed by atoms with Crippen molar-refractivity contribution in [1.29, 1.82) is 0 Å². The van der Waals surface area contributed by atoms with Gasteiger partial charge >= 0.3 is 5.97 Å². The molecule has 0 aliphatic carbocycles. The zero-order chi connectivity index (χ0) is 17.5. The molecule has 6 heteroatoms. The van der Waals surface area contributed by atoms with Gasteiger partial charge in [-0.1, -0.05) is 29.8 Å². The molecular weight excluding hydrogens is 328 g/mol. The predicted octanol–water partition coefficient (Wildman–Crippen LogP) is 2.60. The minimum absolute atomic E-state index is 0.266. The number of halogens is 1. The van der Waals surface area contributed by atoms with Gasteiger partial charge in [0.15, 0.2) is 0 Å². The van der Waals surface area contributed by atoms with Crippen molar-refractivity contribution in [3.63, 3.8) is 0 Å². The number of piperazine rings is 1. The fraction of sp³-hybridized carbons (Fsp3) is 0.611. The Morgan fingerprint density at radius 3 is 2.75 bits per heavy atom. The van der Waals surface area contributed by atoms with Crippen molar-refractivity contribution in [2.75, 3.05) is 46.5 Å². The first-order valence-electron chi connectivity index (χ1n) is 8.46. The van der Waals surface area contributed by atoms with Crippen molar-refractivity contribution in [3.8, 4) is 0 Å². The third kappa shape index (κ3) is 4.70. The number of rotatable bonds is 7. The molecular formula is C18H27ClN2O3. The summed E-state index contributed by atoms with van der Waals surface area (Å²) in [6, 6.07) is 7.37. The minimum Gasteiger partial charge on any atom is -0.468 e. The molecule has 0 saturated carbocycles. The molecule has 24 heavy (non-hydrogen) atoms. The molecule has 0 radical (unpaired) electrons. The Bertz CT molecular complexity index is 541. The SMILES string of the molecule is CCOCCN1CCN(C(C(=O)OC)c2ccccc2Cl)CC1C. The van der Waals surface area contributed by atoms with Crippen LogP contribution in [0, 0.1) is 0 Å². The molecule has 1 aromatic rings. The summed E-state index contributed by atoms with van der Waals surface area (Å²) in [7, 11) is 1.42. The predicted molar refractivity (Wildman–Crippen MR) is 95.3 cm³/mol. The molecule has 2 atom stereocenters. The van der Waals surface area contributed by atoms with Crippen LogP contribution >= 0.6 is 11.6 Å². The second-order valence-corrected chi connectivity index (χ2v) is 6.43. The molecule has 2 unspecified atom stereocenters. The Hall–Kier alpha value is -1.14. The number of hydrogen-bond donors (Lipinski definition) is 0. The van der Waals surface area contributed by atoms with Gasteiger partial charge in [-0.15, -0.1) is 0 Å². The van der Waals surface area contributed by atoms with Crippen molar-refractivity contribution in [1.82, 2.24) is 9.80 Å². The molecule has 5 nitrogen and oxygen atoms in total. The summed E-state index contributed by atoms with van der Waals surface area (Å²) < 4.78 is 10.5. The van der Waals surface area contributed by atoms with Crippen molar-refractivity contribution in [2.24, 2.45) is 0 Å². The lowest BCUT2D eigenvalue weighted by Gasteiger charge is -2.42. The summed E-state index contributed by atoms with van der Waals surface area (Å²) in [5.41, 5.74) is 0.806. The summed E-state index contributed by atoms with van der Waals surface area (Å²) in [5.74, 6) is -0.266. The lowest BCUT2D eigenvalue weighted by Crippen LogP contribution is -2.54. The van der Waals surface area contributed by atoms with E-state index in [4.69, 9.17) is 21.1 Å². The summed E-state index contributed by atoms with van der Waals surface area (Å²) in [5, 5.41) is 0.597. The van der Waals surface area contributed by atoms with Crippen LogP contribution in [-0.4, -0.2) is 68.3 Å². The maximum Gasteiger partial charge on any atom is 0.327 e. The van der Waals surface area contributed by atoms with E-state index in [9.17, 15) is 4.79 Å². The average molecular weight is 355 g/mol. The van der Waals surface area contributed by atoms with E-state index in [1.807, 2.05) is 31.2 Å². The summed E-state index contributed by atoms with van der Waals surface area (Å²) in [6.07, 6.45) is 0. The van der Waals surface area contributed by atoms with Crippen LogP contribution in [-0.2, 0) is 14.3 Å². The number of hydrogen-bond acceptors (Lipinski definition) is 5. The topological polar surface area (TPSA) is 42.0 Å². The van der Waals surface area contributed by atoms with Gasteiger partial charge in [-0.3, -0.25) is 9.80 Å². The first kappa shape index (κ1) is 19.2. The maximum atomic E-state index is 12.4. The van der Waals surface area contributed by atoms with Crippen LogP contribution in [0.2, 0.25) is 5.02 Å². The van der Waals surface area contributed by atoms with Gasteiger partial charge in [-0.05, 0) is 25.5 Å². The van der Waals surface area contributed by atoms with Crippen molar-refractivity contribution >= 4 is 17.6 Å². The van der Waals surface area contributed by atoms with E-state index in [0.717, 1.165) is 45.0 Å². The van der Waals surface area contributed by atoms with Crippen LogP contribution in [0.5, 0.6) is 0 Å². The molecule has 1 aliphatic rings. The second-order valence-electron chi connectivity index (χ2n) is 6.02. The molecule has 1 saturated heterocycles. The van der Waals surface area contributed by atoms with Crippen LogP contribution < -0.4 is 0 Å². The highest BCUT2D eigenvalue weighted by Gasteiger charge is 2.34. The van der Waals surface area contributed by atoms with E-state index in [0.29, 0.717) is 11.1 Å². The molecule has 1 aromatic carbocycles. The molecule has 2 rings (SSSR count). The summed E-state index contributed by atoms with van der Waals surface area (Å²) in [4.78, 5) is 17.0. The summed E-state index contributed by atoms with van der Waals surface area (Å²) >= 11 is 6.33. The molecule has 0 aromatic heterocycles. The fourth-order valence-electron chi connectivity index (χ4n) is 3.20. The molecule has 1 fully saturated rings. The Morgan fingerprint density at radius 2 is 2.12 bits per heavy atom. The van der Waals surface area contributed by atoms with Gasteiger partial charge in [0.2, 0.25) is 0 Å². The number of carbonyl (C=O) groups is 1. The number of esters is 1. The first-order valence-corrected chi connectivity index (χ1v) is 8.84. The molecule has 0 amide bonds. The van der Waals surface area contributed by atoms with E-state index in [1.54, 1.807) is 0 Å². The van der Waals surface area contributed by atoms with Gasteiger partial charge in [-0.2, -0.15) is 0 Å². The van der Waals surface area contributed by atoms with Gasteiger partial charge in [0.05, 0.1) is 13.7 Å². The largest absolute Gasteiger partial charge is 0.468 e. The van der Waals surface area contributed by atoms with E-state index >= 15 is 0 Å². The van der Waals surface area contributed by atoms with Crippen molar-refractivity contribution in [2.45, 2.75) is 25.9 Å². The summed E-state index contributed by atoms with van der Waals surface area (Å²) in [6.45, 7) is 9.06. The van der Waals surface area contributed by atoms with Gasteiger partial charge in [0, 0.05) is 43.9 Å². The Morgan fingerprint density at radius 1 is 1.38 bits per heavy atom. The van der Waals surface area contributed by atoms with E-state index in [2.05, 4.69) is 16.7 Å². The van der Waals surface area contributed by atoms with Gasteiger partial charge < -0.3 is 9.47 Å². The fourth-order valence-corrected chi connectivity index (χ4v) is 3.44. The number of nitrogens with zero attached hydrogens (tertiary/aromatic N) is 2.